The number of carbonyl (C=O) groups excluding carboxylic acids is 1. The van der Waals surface area contributed by atoms with E-state index in [9.17, 15) is 4.79 Å². The topological polar surface area (TPSA) is 68.5 Å². The molecule has 0 aromatic carbocycles. The van der Waals surface area contributed by atoms with Crippen LogP contribution in [0.5, 0.6) is 0 Å². The largest absolute Gasteiger partial charge is 0.425 e. The normalized spacial score (nSPS) is 27.2. The zero-order valence-corrected chi connectivity index (χ0v) is 14.0. The van der Waals surface area contributed by atoms with E-state index in [1.165, 1.54) is 11.3 Å². The van der Waals surface area contributed by atoms with Gasteiger partial charge in [0.15, 0.2) is 0 Å². The number of thiophene rings is 1. The van der Waals surface area contributed by atoms with Crippen molar-refractivity contribution in [3.63, 3.8) is 0 Å². The molecule has 0 bridgehead atoms. The SMILES string of the molecule is Cc1nnc([C@@H]2C[C@@H]3OCC[C@@H]3N(C(=O)c3sccc3C)C2)o1. The highest BCUT2D eigenvalue weighted by Gasteiger charge is 2.44. The van der Waals surface area contributed by atoms with Crippen LogP contribution in [-0.2, 0) is 4.74 Å². The predicted octanol–water partition coefficient (Wildman–Crippen LogP) is 2.54. The first-order chi connectivity index (χ1) is 11.1. The first-order valence-corrected chi connectivity index (χ1v) is 8.78. The van der Waals surface area contributed by atoms with E-state index in [0.29, 0.717) is 24.9 Å². The number of aromatic nitrogens is 2. The summed E-state index contributed by atoms with van der Waals surface area (Å²) in [4.78, 5) is 15.8. The Kier molecular flexibility index (Phi) is 3.69. The Morgan fingerprint density at radius 1 is 1.39 bits per heavy atom. The lowest BCUT2D eigenvalue weighted by atomic mass is 9.89. The van der Waals surface area contributed by atoms with Gasteiger partial charge in [-0.25, -0.2) is 0 Å². The number of carbonyl (C=O) groups is 1. The molecule has 4 rings (SSSR count). The average molecular weight is 333 g/mol. The summed E-state index contributed by atoms with van der Waals surface area (Å²) in [6, 6.07) is 2.15. The van der Waals surface area contributed by atoms with Crippen LogP contribution in [0.2, 0.25) is 0 Å². The lowest BCUT2D eigenvalue weighted by molar-refractivity contribution is 0.0132. The van der Waals surface area contributed by atoms with Gasteiger partial charge in [0.2, 0.25) is 11.8 Å². The zero-order valence-electron chi connectivity index (χ0n) is 13.2. The number of rotatable bonds is 2. The molecule has 122 valence electrons. The van der Waals surface area contributed by atoms with Crippen molar-refractivity contribution in [3.05, 3.63) is 33.7 Å². The molecule has 0 saturated carbocycles. The number of nitrogens with zero attached hydrogens (tertiary/aromatic N) is 3. The maximum absolute atomic E-state index is 13.0. The fourth-order valence-electron chi connectivity index (χ4n) is 3.56. The summed E-state index contributed by atoms with van der Waals surface area (Å²) >= 11 is 1.50. The third-order valence-electron chi connectivity index (χ3n) is 4.72. The number of piperidine rings is 1. The van der Waals surface area contributed by atoms with Gasteiger partial charge in [-0.3, -0.25) is 4.79 Å². The summed E-state index contributed by atoms with van der Waals surface area (Å²) in [5.74, 6) is 1.30. The van der Waals surface area contributed by atoms with Crippen LogP contribution in [0.1, 0.15) is 45.8 Å². The van der Waals surface area contributed by atoms with Gasteiger partial charge >= 0.3 is 0 Å². The maximum atomic E-state index is 13.0. The van der Waals surface area contributed by atoms with E-state index in [-0.39, 0.29) is 24.0 Å². The summed E-state index contributed by atoms with van der Waals surface area (Å²) in [6.07, 6.45) is 1.79. The summed E-state index contributed by atoms with van der Waals surface area (Å²) in [5.41, 5.74) is 1.03. The van der Waals surface area contributed by atoms with Crippen LogP contribution in [0.4, 0.5) is 0 Å². The molecule has 0 unspecified atom stereocenters. The van der Waals surface area contributed by atoms with Gasteiger partial charge in [0.05, 0.1) is 22.9 Å². The number of aryl methyl sites for hydroxylation is 2. The van der Waals surface area contributed by atoms with Crippen LogP contribution < -0.4 is 0 Å². The quantitative estimate of drug-likeness (QED) is 0.845. The molecule has 2 aromatic heterocycles. The van der Waals surface area contributed by atoms with Crippen LogP contribution in [0.15, 0.2) is 15.9 Å². The van der Waals surface area contributed by atoms with Crippen molar-refractivity contribution >= 4 is 17.2 Å². The van der Waals surface area contributed by atoms with Gasteiger partial charge < -0.3 is 14.1 Å². The molecule has 3 atom stereocenters. The van der Waals surface area contributed by atoms with Gasteiger partial charge in [-0.15, -0.1) is 21.5 Å². The Bertz CT molecular complexity index is 726. The van der Waals surface area contributed by atoms with Crippen molar-refractivity contribution in [1.82, 2.24) is 15.1 Å². The molecule has 0 radical (unpaired) electrons. The highest BCUT2D eigenvalue weighted by molar-refractivity contribution is 7.12. The molecule has 2 aromatic rings. The van der Waals surface area contributed by atoms with E-state index in [2.05, 4.69) is 10.2 Å². The van der Waals surface area contributed by atoms with E-state index in [4.69, 9.17) is 9.15 Å². The highest BCUT2D eigenvalue weighted by Crippen LogP contribution is 2.37. The smallest absolute Gasteiger partial charge is 0.264 e. The van der Waals surface area contributed by atoms with E-state index in [1.54, 1.807) is 6.92 Å². The van der Waals surface area contributed by atoms with Crippen molar-refractivity contribution in [3.8, 4) is 0 Å². The Balaban J connectivity index is 1.63. The maximum Gasteiger partial charge on any atom is 0.264 e. The van der Waals surface area contributed by atoms with Gasteiger partial charge in [0.1, 0.15) is 0 Å². The van der Waals surface area contributed by atoms with Crippen molar-refractivity contribution < 1.29 is 13.9 Å². The van der Waals surface area contributed by atoms with E-state index >= 15 is 0 Å². The van der Waals surface area contributed by atoms with Gasteiger partial charge in [-0.2, -0.15) is 0 Å². The average Bonchev–Trinajstić information content (AvgIpc) is 3.25. The van der Waals surface area contributed by atoms with Crippen molar-refractivity contribution in [2.45, 2.75) is 44.8 Å². The first kappa shape index (κ1) is 14.8. The Morgan fingerprint density at radius 2 is 2.26 bits per heavy atom. The van der Waals surface area contributed by atoms with Crippen LogP contribution in [-0.4, -0.2) is 46.3 Å². The molecule has 4 heterocycles. The molecule has 2 saturated heterocycles. The number of hydrogen-bond acceptors (Lipinski definition) is 6. The molecule has 23 heavy (non-hydrogen) atoms. The molecule has 1 amide bonds. The van der Waals surface area contributed by atoms with Crippen molar-refractivity contribution in [2.75, 3.05) is 13.2 Å². The second kappa shape index (κ2) is 5.72. The molecule has 7 heteroatoms. The zero-order chi connectivity index (χ0) is 16.0. The van der Waals surface area contributed by atoms with Crippen molar-refractivity contribution in [2.24, 2.45) is 0 Å². The molecule has 0 N–H and O–H groups in total. The molecule has 0 aliphatic carbocycles. The van der Waals surface area contributed by atoms with Gasteiger partial charge in [0.25, 0.3) is 5.91 Å². The molecular weight excluding hydrogens is 314 g/mol. The minimum Gasteiger partial charge on any atom is -0.425 e. The van der Waals surface area contributed by atoms with E-state index in [1.807, 2.05) is 23.3 Å². The summed E-state index contributed by atoms with van der Waals surface area (Å²) in [6.45, 7) is 5.09. The number of amides is 1. The summed E-state index contributed by atoms with van der Waals surface area (Å²) in [7, 11) is 0. The minimum absolute atomic E-state index is 0.0415. The molecule has 2 aliphatic rings. The summed E-state index contributed by atoms with van der Waals surface area (Å²) in [5, 5.41) is 10.0. The first-order valence-electron chi connectivity index (χ1n) is 7.90. The molecular formula is C16H19N3O3S. The van der Waals surface area contributed by atoms with Gasteiger partial charge in [-0.05, 0) is 36.8 Å². The molecule has 2 fully saturated rings. The van der Waals surface area contributed by atoms with Crippen LogP contribution in [0.3, 0.4) is 0 Å². The minimum atomic E-state index is 0.0415. The predicted molar refractivity (Wildman–Crippen MR) is 84.6 cm³/mol. The second-order valence-corrected chi connectivity index (χ2v) is 7.16. The standard InChI is InChI=1S/C16H19N3O3S/c1-9-4-6-23-14(9)16(20)19-8-11(15-18-17-10(2)22-15)7-13-12(19)3-5-21-13/h4,6,11-13H,3,5,7-8H2,1-2H3/t11-,12+,13+/m1/s1. The number of ether oxygens (including phenoxy) is 1. The lowest BCUT2D eigenvalue weighted by Gasteiger charge is -2.39. The molecule has 6 nitrogen and oxygen atoms in total. The lowest BCUT2D eigenvalue weighted by Crippen LogP contribution is -2.51. The number of fused-ring (bicyclic) bond motifs is 1. The fraction of sp³-hybridized carbons (Fsp3) is 0.562. The fourth-order valence-corrected chi connectivity index (χ4v) is 4.44. The monoisotopic (exact) mass is 333 g/mol. The second-order valence-electron chi connectivity index (χ2n) is 6.25. The highest BCUT2D eigenvalue weighted by atomic mass is 32.1. The molecule has 0 spiro atoms. The Hall–Kier alpha value is -1.73. The van der Waals surface area contributed by atoms with Crippen molar-refractivity contribution in [1.29, 1.82) is 0 Å². The number of likely N-dealkylation sites (tertiary alicyclic amines) is 1. The Morgan fingerprint density at radius 3 is 2.96 bits per heavy atom. The Labute approximate surface area is 138 Å². The van der Waals surface area contributed by atoms with Crippen LogP contribution >= 0.6 is 11.3 Å². The van der Waals surface area contributed by atoms with Gasteiger partial charge in [0, 0.05) is 20.1 Å². The van der Waals surface area contributed by atoms with Crippen LogP contribution in [0.25, 0.3) is 0 Å². The van der Waals surface area contributed by atoms with Gasteiger partial charge in [-0.1, -0.05) is 0 Å². The third-order valence-corrected chi connectivity index (χ3v) is 5.72. The molecule has 2 aliphatic heterocycles. The van der Waals surface area contributed by atoms with Crippen LogP contribution in [0, 0.1) is 13.8 Å². The van der Waals surface area contributed by atoms with E-state index < -0.39 is 0 Å². The summed E-state index contributed by atoms with van der Waals surface area (Å²) < 4.78 is 11.5. The number of hydrogen-bond donors (Lipinski definition) is 0. The van der Waals surface area contributed by atoms with E-state index in [0.717, 1.165) is 23.3 Å². The third kappa shape index (κ3) is 2.57.